The minimum absolute atomic E-state index is 0.142. The summed E-state index contributed by atoms with van der Waals surface area (Å²) in [7, 11) is 0. The van der Waals surface area contributed by atoms with Crippen LogP contribution >= 0.6 is 0 Å². The Kier molecular flexibility index (Phi) is 5.20. The summed E-state index contributed by atoms with van der Waals surface area (Å²) in [4.78, 5) is 23.3. The van der Waals surface area contributed by atoms with E-state index >= 15 is 0 Å². The van der Waals surface area contributed by atoms with Crippen molar-refractivity contribution in [2.24, 2.45) is 0 Å². The number of fused-ring (bicyclic) bond motifs is 1. The van der Waals surface area contributed by atoms with Crippen LogP contribution in [0, 0.1) is 0 Å². The molecule has 1 aromatic carbocycles. The Morgan fingerprint density at radius 2 is 1.92 bits per heavy atom. The fourth-order valence-electron chi connectivity index (χ4n) is 3.13. The van der Waals surface area contributed by atoms with Gasteiger partial charge in [0, 0.05) is 23.6 Å². The standard InChI is InChI=1S/C18H18F3NO4/c19-18(20,21)14-9-17(24)26-15-8-12(6-7-13(14)15)25-10-16(23)22-11-4-2-1-3-5-11/h6-9,11H,1-5,10H2,(H,22,23). The van der Waals surface area contributed by atoms with Crippen LogP contribution in [0.2, 0.25) is 0 Å². The Morgan fingerprint density at radius 3 is 2.62 bits per heavy atom. The van der Waals surface area contributed by atoms with Crippen molar-refractivity contribution in [2.45, 2.75) is 44.3 Å². The SMILES string of the molecule is O=C(COc1ccc2c(C(F)(F)F)cc(=O)oc2c1)NC1CCCCC1. The van der Waals surface area contributed by atoms with Gasteiger partial charge in [0.15, 0.2) is 6.61 Å². The van der Waals surface area contributed by atoms with E-state index in [1.165, 1.54) is 18.6 Å². The molecule has 1 heterocycles. The molecular formula is C18H18F3NO4. The van der Waals surface area contributed by atoms with Crippen LogP contribution in [-0.2, 0) is 11.0 Å². The molecule has 1 aliphatic rings. The number of carbonyl (C=O) groups is 1. The van der Waals surface area contributed by atoms with Crippen molar-refractivity contribution in [3.8, 4) is 5.75 Å². The summed E-state index contributed by atoms with van der Waals surface area (Å²) in [5.74, 6) is -0.138. The van der Waals surface area contributed by atoms with E-state index in [0.717, 1.165) is 31.7 Å². The van der Waals surface area contributed by atoms with E-state index in [0.29, 0.717) is 6.07 Å². The molecule has 0 saturated heterocycles. The molecule has 0 atom stereocenters. The highest BCUT2D eigenvalue weighted by Crippen LogP contribution is 2.34. The fraction of sp³-hybridized carbons (Fsp3) is 0.444. The summed E-state index contributed by atoms with van der Waals surface area (Å²) in [6.07, 6.45) is 0.538. The maximum absolute atomic E-state index is 13.0. The van der Waals surface area contributed by atoms with Gasteiger partial charge in [-0.15, -0.1) is 0 Å². The Morgan fingerprint density at radius 1 is 1.19 bits per heavy atom. The number of halogens is 3. The molecule has 140 valence electrons. The van der Waals surface area contributed by atoms with Crippen LogP contribution in [0.15, 0.2) is 33.5 Å². The van der Waals surface area contributed by atoms with Crippen LogP contribution in [0.5, 0.6) is 5.75 Å². The molecule has 0 aliphatic heterocycles. The molecule has 26 heavy (non-hydrogen) atoms. The van der Waals surface area contributed by atoms with Crippen LogP contribution in [-0.4, -0.2) is 18.6 Å². The van der Waals surface area contributed by atoms with Gasteiger partial charge in [0.1, 0.15) is 11.3 Å². The van der Waals surface area contributed by atoms with Crippen LogP contribution in [0.25, 0.3) is 11.0 Å². The van der Waals surface area contributed by atoms with Gasteiger partial charge in [-0.25, -0.2) is 4.79 Å². The lowest BCUT2D eigenvalue weighted by Gasteiger charge is -2.22. The summed E-state index contributed by atoms with van der Waals surface area (Å²) < 4.78 is 49.2. The van der Waals surface area contributed by atoms with Crippen molar-refractivity contribution in [1.29, 1.82) is 0 Å². The minimum atomic E-state index is -4.67. The molecule has 1 saturated carbocycles. The van der Waals surface area contributed by atoms with E-state index in [-0.39, 0.29) is 35.3 Å². The number of nitrogens with one attached hydrogen (secondary N) is 1. The van der Waals surface area contributed by atoms with Gasteiger partial charge in [0.05, 0.1) is 5.56 Å². The van der Waals surface area contributed by atoms with Crippen LogP contribution in [0.4, 0.5) is 13.2 Å². The second-order valence-corrected chi connectivity index (χ2v) is 6.33. The van der Waals surface area contributed by atoms with Gasteiger partial charge in [-0.05, 0) is 25.0 Å². The summed E-state index contributed by atoms with van der Waals surface area (Å²) in [5.41, 5.74) is -2.41. The van der Waals surface area contributed by atoms with Crippen LogP contribution < -0.4 is 15.7 Å². The monoisotopic (exact) mass is 369 g/mol. The van der Waals surface area contributed by atoms with Crippen molar-refractivity contribution in [1.82, 2.24) is 5.32 Å². The first-order valence-electron chi connectivity index (χ1n) is 8.40. The fourth-order valence-corrected chi connectivity index (χ4v) is 3.13. The summed E-state index contributed by atoms with van der Waals surface area (Å²) >= 11 is 0. The molecule has 0 bridgehead atoms. The molecule has 1 N–H and O–H groups in total. The molecule has 1 amide bonds. The maximum Gasteiger partial charge on any atom is 0.417 e. The first kappa shape index (κ1) is 18.3. The number of ether oxygens (including phenoxy) is 1. The molecule has 0 radical (unpaired) electrons. The number of hydrogen-bond donors (Lipinski definition) is 1. The second kappa shape index (κ2) is 7.39. The van der Waals surface area contributed by atoms with E-state index < -0.39 is 17.4 Å². The molecule has 3 rings (SSSR count). The zero-order chi connectivity index (χ0) is 18.7. The molecule has 5 nitrogen and oxygen atoms in total. The first-order valence-corrected chi connectivity index (χ1v) is 8.40. The van der Waals surface area contributed by atoms with Crippen LogP contribution in [0.3, 0.4) is 0 Å². The smallest absolute Gasteiger partial charge is 0.417 e. The van der Waals surface area contributed by atoms with E-state index in [2.05, 4.69) is 5.32 Å². The highest BCUT2D eigenvalue weighted by molar-refractivity contribution is 5.82. The molecule has 1 aromatic heterocycles. The number of hydrogen-bond acceptors (Lipinski definition) is 4. The lowest BCUT2D eigenvalue weighted by molar-refractivity contribution is -0.136. The topological polar surface area (TPSA) is 68.5 Å². The van der Waals surface area contributed by atoms with Crippen molar-refractivity contribution >= 4 is 16.9 Å². The van der Waals surface area contributed by atoms with Crippen molar-refractivity contribution in [3.63, 3.8) is 0 Å². The third kappa shape index (κ3) is 4.36. The summed E-state index contributed by atoms with van der Waals surface area (Å²) in [6.45, 7) is -0.259. The predicted octanol–water partition coefficient (Wildman–Crippen LogP) is 3.64. The minimum Gasteiger partial charge on any atom is -0.484 e. The van der Waals surface area contributed by atoms with E-state index in [9.17, 15) is 22.8 Å². The molecular weight excluding hydrogens is 351 g/mol. The highest BCUT2D eigenvalue weighted by atomic mass is 19.4. The van der Waals surface area contributed by atoms with Crippen molar-refractivity contribution in [2.75, 3.05) is 6.61 Å². The number of amides is 1. The van der Waals surface area contributed by atoms with Gasteiger partial charge in [-0.2, -0.15) is 13.2 Å². The lowest BCUT2D eigenvalue weighted by Crippen LogP contribution is -2.38. The zero-order valence-corrected chi connectivity index (χ0v) is 13.9. The van der Waals surface area contributed by atoms with Gasteiger partial charge >= 0.3 is 11.8 Å². The van der Waals surface area contributed by atoms with Crippen molar-refractivity contribution in [3.05, 3.63) is 40.2 Å². The van der Waals surface area contributed by atoms with Gasteiger partial charge in [0.25, 0.3) is 5.91 Å². The Balaban J connectivity index is 1.71. The number of carbonyl (C=O) groups excluding carboxylic acids is 1. The molecule has 2 aromatic rings. The average Bonchev–Trinajstić information content (AvgIpc) is 2.59. The van der Waals surface area contributed by atoms with Gasteiger partial charge < -0.3 is 14.5 Å². The second-order valence-electron chi connectivity index (χ2n) is 6.33. The van der Waals surface area contributed by atoms with E-state index in [1.54, 1.807) is 0 Å². The Bertz CT molecular complexity index is 854. The average molecular weight is 369 g/mol. The normalized spacial score (nSPS) is 15.8. The Labute approximate surface area is 147 Å². The van der Waals surface area contributed by atoms with Crippen molar-refractivity contribution < 1.29 is 27.1 Å². The van der Waals surface area contributed by atoms with E-state index in [4.69, 9.17) is 9.15 Å². The third-order valence-corrected chi connectivity index (χ3v) is 4.36. The zero-order valence-electron chi connectivity index (χ0n) is 13.9. The van der Waals surface area contributed by atoms with Gasteiger partial charge in [-0.3, -0.25) is 4.79 Å². The number of rotatable bonds is 4. The number of benzene rings is 1. The lowest BCUT2D eigenvalue weighted by atomic mass is 9.95. The Hall–Kier alpha value is -2.51. The molecule has 8 heteroatoms. The predicted molar refractivity (Wildman–Crippen MR) is 88.0 cm³/mol. The summed E-state index contributed by atoms with van der Waals surface area (Å²) in [6, 6.07) is 4.21. The summed E-state index contributed by atoms with van der Waals surface area (Å²) in [5, 5.41) is 2.64. The maximum atomic E-state index is 13.0. The third-order valence-electron chi connectivity index (χ3n) is 4.36. The molecule has 1 aliphatic carbocycles. The highest BCUT2D eigenvalue weighted by Gasteiger charge is 2.33. The van der Waals surface area contributed by atoms with Crippen LogP contribution in [0.1, 0.15) is 37.7 Å². The number of alkyl halides is 3. The first-order chi connectivity index (χ1) is 12.3. The largest absolute Gasteiger partial charge is 0.484 e. The van der Waals surface area contributed by atoms with E-state index in [1.807, 2.05) is 0 Å². The molecule has 0 spiro atoms. The van der Waals surface area contributed by atoms with Gasteiger partial charge in [0.2, 0.25) is 0 Å². The molecule has 0 unspecified atom stereocenters. The quantitative estimate of drug-likeness (QED) is 0.836. The van der Waals surface area contributed by atoms with Gasteiger partial charge in [-0.1, -0.05) is 19.3 Å². The molecule has 1 fully saturated rings.